The molecule has 86 valence electrons. The quantitative estimate of drug-likeness (QED) is 0.503. The molecule has 0 rings (SSSR count). The lowest BCUT2D eigenvalue weighted by Crippen LogP contribution is -2.06. The SMILES string of the molecule is CNCCCCCCCCCCCN. The first-order valence-electron chi connectivity index (χ1n) is 6.26. The molecule has 0 saturated carbocycles. The summed E-state index contributed by atoms with van der Waals surface area (Å²) in [6, 6.07) is 0. The van der Waals surface area contributed by atoms with E-state index in [0.717, 1.165) is 6.54 Å². The van der Waals surface area contributed by atoms with Gasteiger partial charge in [-0.05, 0) is 33.0 Å². The normalized spacial score (nSPS) is 10.7. The topological polar surface area (TPSA) is 38.0 Å². The molecule has 0 heterocycles. The lowest BCUT2D eigenvalue weighted by Gasteiger charge is -2.01. The molecule has 0 aromatic rings. The van der Waals surface area contributed by atoms with E-state index >= 15 is 0 Å². The molecule has 0 aliphatic carbocycles. The van der Waals surface area contributed by atoms with E-state index in [1.54, 1.807) is 0 Å². The van der Waals surface area contributed by atoms with Crippen LogP contribution in [0, 0.1) is 0 Å². The molecule has 0 fully saturated rings. The summed E-state index contributed by atoms with van der Waals surface area (Å²) in [6.07, 6.45) is 12.3. The Bertz CT molecular complexity index is 82.3. The van der Waals surface area contributed by atoms with Crippen molar-refractivity contribution in [1.82, 2.24) is 5.32 Å². The number of hydrogen-bond donors (Lipinski definition) is 2. The maximum atomic E-state index is 5.43. The number of unbranched alkanes of at least 4 members (excludes halogenated alkanes) is 8. The van der Waals surface area contributed by atoms with Gasteiger partial charge in [0.1, 0.15) is 0 Å². The van der Waals surface area contributed by atoms with Gasteiger partial charge in [-0.3, -0.25) is 0 Å². The Morgan fingerprint density at radius 3 is 1.57 bits per heavy atom. The fraction of sp³-hybridized carbons (Fsp3) is 1.00. The standard InChI is InChI=1S/C12H28N2/c1-14-12-10-8-6-4-2-3-5-7-9-11-13/h14H,2-13H2,1H3. The molecule has 3 N–H and O–H groups in total. The zero-order valence-corrected chi connectivity index (χ0v) is 9.86. The predicted octanol–water partition coefficient (Wildman–Crippen LogP) is 2.68. The van der Waals surface area contributed by atoms with E-state index in [1.165, 1.54) is 64.3 Å². The molecule has 0 saturated heterocycles. The van der Waals surface area contributed by atoms with Gasteiger partial charge in [0.15, 0.2) is 0 Å². The smallest absolute Gasteiger partial charge is 0.00519 e. The highest BCUT2D eigenvalue weighted by molar-refractivity contribution is 4.48. The lowest BCUT2D eigenvalue weighted by atomic mass is 10.1. The minimum Gasteiger partial charge on any atom is -0.330 e. The van der Waals surface area contributed by atoms with Crippen LogP contribution in [0.1, 0.15) is 57.8 Å². The summed E-state index contributed by atoms with van der Waals surface area (Å²) in [7, 11) is 2.03. The number of hydrogen-bond acceptors (Lipinski definition) is 2. The van der Waals surface area contributed by atoms with Crippen molar-refractivity contribution in [3.63, 3.8) is 0 Å². The molecular weight excluding hydrogens is 172 g/mol. The first kappa shape index (κ1) is 13.9. The number of rotatable bonds is 11. The molecule has 0 unspecified atom stereocenters. The summed E-state index contributed by atoms with van der Waals surface area (Å²) >= 11 is 0. The van der Waals surface area contributed by atoms with Crippen molar-refractivity contribution >= 4 is 0 Å². The Kier molecular flexibility index (Phi) is 12.8. The summed E-state index contributed by atoms with van der Waals surface area (Å²) in [5, 5.41) is 3.18. The van der Waals surface area contributed by atoms with Gasteiger partial charge in [-0.1, -0.05) is 44.9 Å². The van der Waals surface area contributed by atoms with Crippen molar-refractivity contribution in [3.8, 4) is 0 Å². The van der Waals surface area contributed by atoms with Gasteiger partial charge in [0, 0.05) is 0 Å². The molecule has 0 radical (unpaired) electrons. The Balaban J connectivity index is 2.78. The van der Waals surface area contributed by atoms with Crippen LogP contribution in [0.4, 0.5) is 0 Å². The molecule has 2 heteroatoms. The Morgan fingerprint density at radius 1 is 0.714 bits per heavy atom. The third kappa shape index (κ3) is 11.9. The summed E-state index contributed by atoms with van der Waals surface area (Å²) < 4.78 is 0. The van der Waals surface area contributed by atoms with E-state index in [1.807, 2.05) is 7.05 Å². The highest BCUT2D eigenvalue weighted by Crippen LogP contribution is 2.08. The van der Waals surface area contributed by atoms with Gasteiger partial charge in [-0.2, -0.15) is 0 Å². The van der Waals surface area contributed by atoms with Gasteiger partial charge < -0.3 is 11.1 Å². The van der Waals surface area contributed by atoms with Crippen molar-refractivity contribution < 1.29 is 0 Å². The van der Waals surface area contributed by atoms with Crippen LogP contribution in [0.2, 0.25) is 0 Å². The van der Waals surface area contributed by atoms with Crippen molar-refractivity contribution in [2.75, 3.05) is 20.1 Å². The third-order valence-corrected chi connectivity index (χ3v) is 2.63. The summed E-state index contributed by atoms with van der Waals surface area (Å²) in [4.78, 5) is 0. The van der Waals surface area contributed by atoms with Gasteiger partial charge in [-0.25, -0.2) is 0 Å². The van der Waals surface area contributed by atoms with Crippen molar-refractivity contribution in [1.29, 1.82) is 0 Å². The van der Waals surface area contributed by atoms with Crippen LogP contribution < -0.4 is 11.1 Å². The summed E-state index contributed by atoms with van der Waals surface area (Å²) in [5.74, 6) is 0. The molecular formula is C12H28N2. The number of nitrogens with two attached hydrogens (primary N) is 1. The van der Waals surface area contributed by atoms with E-state index < -0.39 is 0 Å². The van der Waals surface area contributed by atoms with Crippen LogP contribution in [0.3, 0.4) is 0 Å². The maximum absolute atomic E-state index is 5.43. The van der Waals surface area contributed by atoms with E-state index in [4.69, 9.17) is 5.73 Å². The Labute approximate surface area is 89.6 Å². The lowest BCUT2D eigenvalue weighted by molar-refractivity contribution is 0.555. The van der Waals surface area contributed by atoms with E-state index in [0.29, 0.717) is 0 Å². The second-order valence-electron chi connectivity index (χ2n) is 4.07. The van der Waals surface area contributed by atoms with E-state index in [-0.39, 0.29) is 0 Å². The van der Waals surface area contributed by atoms with E-state index in [9.17, 15) is 0 Å². The first-order valence-corrected chi connectivity index (χ1v) is 6.26. The van der Waals surface area contributed by atoms with Crippen LogP contribution in [0.15, 0.2) is 0 Å². The number of nitrogens with one attached hydrogen (secondary N) is 1. The van der Waals surface area contributed by atoms with Gasteiger partial charge in [0.05, 0.1) is 0 Å². The molecule has 2 nitrogen and oxygen atoms in total. The summed E-state index contributed by atoms with van der Waals surface area (Å²) in [6.45, 7) is 2.04. The van der Waals surface area contributed by atoms with Crippen LogP contribution in [-0.2, 0) is 0 Å². The zero-order chi connectivity index (χ0) is 10.5. The van der Waals surface area contributed by atoms with Gasteiger partial charge >= 0.3 is 0 Å². The van der Waals surface area contributed by atoms with Crippen molar-refractivity contribution in [2.45, 2.75) is 57.8 Å². The molecule has 0 aliphatic heterocycles. The average Bonchev–Trinajstić information content (AvgIpc) is 2.21. The maximum Gasteiger partial charge on any atom is -0.00519 e. The first-order chi connectivity index (χ1) is 6.91. The largest absolute Gasteiger partial charge is 0.330 e. The highest BCUT2D eigenvalue weighted by atomic mass is 14.8. The fourth-order valence-electron chi connectivity index (χ4n) is 1.68. The van der Waals surface area contributed by atoms with Crippen LogP contribution >= 0.6 is 0 Å². The highest BCUT2D eigenvalue weighted by Gasteiger charge is 1.91. The Hall–Kier alpha value is -0.0800. The predicted molar refractivity (Wildman–Crippen MR) is 64.5 cm³/mol. The molecule has 0 bridgehead atoms. The monoisotopic (exact) mass is 200 g/mol. The summed E-state index contributed by atoms with van der Waals surface area (Å²) in [5.41, 5.74) is 5.43. The molecule has 0 atom stereocenters. The average molecular weight is 200 g/mol. The molecule has 0 amide bonds. The van der Waals surface area contributed by atoms with Gasteiger partial charge in [0.25, 0.3) is 0 Å². The Morgan fingerprint density at radius 2 is 1.14 bits per heavy atom. The fourth-order valence-corrected chi connectivity index (χ4v) is 1.68. The van der Waals surface area contributed by atoms with E-state index in [2.05, 4.69) is 5.32 Å². The van der Waals surface area contributed by atoms with Gasteiger partial charge in [-0.15, -0.1) is 0 Å². The van der Waals surface area contributed by atoms with Crippen LogP contribution in [0.5, 0.6) is 0 Å². The van der Waals surface area contributed by atoms with Crippen molar-refractivity contribution in [3.05, 3.63) is 0 Å². The van der Waals surface area contributed by atoms with Crippen LogP contribution in [0.25, 0.3) is 0 Å². The molecule has 0 aromatic carbocycles. The zero-order valence-electron chi connectivity index (χ0n) is 9.86. The molecule has 0 aromatic heterocycles. The second-order valence-corrected chi connectivity index (χ2v) is 4.07. The van der Waals surface area contributed by atoms with Crippen LogP contribution in [-0.4, -0.2) is 20.1 Å². The second kappa shape index (κ2) is 12.9. The minimum atomic E-state index is 0.865. The van der Waals surface area contributed by atoms with Crippen molar-refractivity contribution in [2.24, 2.45) is 5.73 Å². The molecule has 0 aliphatic rings. The minimum absolute atomic E-state index is 0.865. The molecule has 14 heavy (non-hydrogen) atoms. The third-order valence-electron chi connectivity index (χ3n) is 2.63. The molecule has 0 spiro atoms. The van der Waals surface area contributed by atoms with Gasteiger partial charge in [0.2, 0.25) is 0 Å².